The van der Waals surface area contributed by atoms with Crippen LogP contribution in [0.3, 0.4) is 0 Å². The standard InChI is InChI=1S/C11H18N4O3/c1-2-3-15-10(12-7-13-15)6-14-5-8(16)4-9(14)11(17)18/h7-9,16H,2-6H2,1H3,(H,17,18). The van der Waals surface area contributed by atoms with Gasteiger partial charge in [-0.15, -0.1) is 0 Å². The minimum absolute atomic E-state index is 0.275. The molecule has 2 heterocycles. The fraction of sp³-hybridized carbons (Fsp3) is 0.727. The van der Waals surface area contributed by atoms with E-state index >= 15 is 0 Å². The number of hydrogen-bond acceptors (Lipinski definition) is 5. The summed E-state index contributed by atoms with van der Waals surface area (Å²) in [6, 6.07) is -0.633. The van der Waals surface area contributed by atoms with Crippen molar-refractivity contribution in [2.45, 2.75) is 45.0 Å². The molecule has 2 rings (SSSR count). The summed E-state index contributed by atoms with van der Waals surface area (Å²) in [5.74, 6) is -0.148. The predicted molar refractivity (Wildman–Crippen MR) is 62.8 cm³/mol. The van der Waals surface area contributed by atoms with E-state index in [0.29, 0.717) is 13.1 Å². The van der Waals surface area contributed by atoms with Gasteiger partial charge < -0.3 is 10.2 Å². The first-order valence-electron chi connectivity index (χ1n) is 6.13. The van der Waals surface area contributed by atoms with Crippen LogP contribution in [0, 0.1) is 0 Å². The molecule has 1 aromatic rings. The molecule has 100 valence electrons. The monoisotopic (exact) mass is 254 g/mol. The summed E-state index contributed by atoms with van der Waals surface area (Å²) in [5, 5.41) is 22.8. The molecule has 0 spiro atoms. The van der Waals surface area contributed by atoms with Crippen LogP contribution in [-0.4, -0.2) is 54.5 Å². The highest BCUT2D eigenvalue weighted by Crippen LogP contribution is 2.20. The maximum Gasteiger partial charge on any atom is 0.321 e. The number of aliphatic hydroxyl groups excluding tert-OH is 1. The van der Waals surface area contributed by atoms with Gasteiger partial charge in [-0.3, -0.25) is 9.69 Å². The molecule has 18 heavy (non-hydrogen) atoms. The fourth-order valence-corrected chi connectivity index (χ4v) is 2.30. The van der Waals surface area contributed by atoms with Crippen molar-refractivity contribution in [2.75, 3.05) is 6.54 Å². The van der Waals surface area contributed by atoms with Gasteiger partial charge in [-0.1, -0.05) is 6.92 Å². The summed E-state index contributed by atoms with van der Waals surface area (Å²) < 4.78 is 1.78. The van der Waals surface area contributed by atoms with Crippen molar-refractivity contribution in [3.8, 4) is 0 Å². The zero-order valence-electron chi connectivity index (χ0n) is 10.4. The Morgan fingerprint density at radius 3 is 3.06 bits per heavy atom. The lowest BCUT2D eigenvalue weighted by molar-refractivity contribution is -0.142. The molecular weight excluding hydrogens is 236 g/mol. The lowest BCUT2D eigenvalue weighted by Crippen LogP contribution is -2.36. The molecule has 1 aliphatic heterocycles. The summed E-state index contributed by atoms with van der Waals surface area (Å²) in [4.78, 5) is 17.0. The topological polar surface area (TPSA) is 91.5 Å². The first-order chi connectivity index (χ1) is 8.61. The zero-order valence-corrected chi connectivity index (χ0v) is 10.4. The molecule has 0 aromatic carbocycles. The average Bonchev–Trinajstić information content (AvgIpc) is 2.87. The number of carboxylic acid groups (broad SMARTS) is 1. The van der Waals surface area contributed by atoms with Crippen LogP contribution in [0.1, 0.15) is 25.6 Å². The van der Waals surface area contributed by atoms with Gasteiger partial charge >= 0.3 is 5.97 Å². The SMILES string of the molecule is CCCn1ncnc1CN1CC(O)CC1C(=O)O. The number of aromatic nitrogens is 3. The van der Waals surface area contributed by atoms with Gasteiger partial charge in [0, 0.05) is 19.5 Å². The summed E-state index contributed by atoms with van der Waals surface area (Å²) in [6.45, 7) is 3.60. The Morgan fingerprint density at radius 1 is 1.61 bits per heavy atom. The highest BCUT2D eigenvalue weighted by atomic mass is 16.4. The maximum absolute atomic E-state index is 11.1. The third kappa shape index (κ3) is 2.68. The van der Waals surface area contributed by atoms with Crippen LogP contribution in [0.15, 0.2) is 6.33 Å². The molecular formula is C11H18N4O3. The van der Waals surface area contributed by atoms with Crippen molar-refractivity contribution in [1.82, 2.24) is 19.7 Å². The molecule has 2 N–H and O–H groups in total. The number of likely N-dealkylation sites (tertiary alicyclic amines) is 1. The highest BCUT2D eigenvalue weighted by Gasteiger charge is 2.36. The van der Waals surface area contributed by atoms with Crippen molar-refractivity contribution >= 4 is 5.97 Å². The molecule has 7 heteroatoms. The van der Waals surface area contributed by atoms with E-state index in [1.807, 2.05) is 6.92 Å². The number of carbonyl (C=O) groups is 1. The van der Waals surface area contributed by atoms with Crippen LogP contribution >= 0.6 is 0 Å². The van der Waals surface area contributed by atoms with E-state index in [4.69, 9.17) is 5.11 Å². The average molecular weight is 254 g/mol. The molecule has 7 nitrogen and oxygen atoms in total. The van der Waals surface area contributed by atoms with Crippen LogP contribution in [-0.2, 0) is 17.9 Å². The number of aliphatic hydroxyl groups is 1. The van der Waals surface area contributed by atoms with E-state index in [1.54, 1.807) is 9.58 Å². The smallest absolute Gasteiger partial charge is 0.321 e. The van der Waals surface area contributed by atoms with Crippen LogP contribution in [0.25, 0.3) is 0 Å². The van der Waals surface area contributed by atoms with Gasteiger partial charge in [0.05, 0.1) is 12.6 Å². The molecule has 1 saturated heterocycles. The minimum Gasteiger partial charge on any atom is -0.480 e. The Labute approximate surface area is 105 Å². The Kier molecular flexibility index (Phi) is 3.93. The van der Waals surface area contributed by atoms with E-state index in [2.05, 4.69) is 10.1 Å². The number of nitrogens with zero attached hydrogens (tertiary/aromatic N) is 4. The molecule has 1 aliphatic rings. The van der Waals surface area contributed by atoms with Crippen molar-refractivity contribution < 1.29 is 15.0 Å². The third-order valence-electron chi connectivity index (χ3n) is 3.14. The van der Waals surface area contributed by atoms with Crippen molar-refractivity contribution in [1.29, 1.82) is 0 Å². The van der Waals surface area contributed by atoms with Gasteiger partial charge in [0.15, 0.2) is 0 Å². The number of hydrogen-bond donors (Lipinski definition) is 2. The van der Waals surface area contributed by atoms with Crippen LogP contribution in [0.4, 0.5) is 0 Å². The molecule has 0 amide bonds. The van der Waals surface area contributed by atoms with Gasteiger partial charge in [-0.2, -0.15) is 5.10 Å². The van der Waals surface area contributed by atoms with Gasteiger partial charge in [-0.25, -0.2) is 9.67 Å². The quantitative estimate of drug-likeness (QED) is 0.750. The molecule has 2 atom stereocenters. The minimum atomic E-state index is -0.895. The number of rotatable bonds is 5. The zero-order chi connectivity index (χ0) is 13.1. The molecule has 2 unspecified atom stereocenters. The van der Waals surface area contributed by atoms with Crippen LogP contribution < -0.4 is 0 Å². The number of β-amino-alcohol motifs (C(OH)–C–C–N with tert-alkyl or cyclic N) is 1. The van der Waals surface area contributed by atoms with E-state index in [0.717, 1.165) is 18.8 Å². The fourth-order valence-electron chi connectivity index (χ4n) is 2.30. The largest absolute Gasteiger partial charge is 0.480 e. The third-order valence-corrected chi connectivity index (χ3v) is 3.14. The van der Waals surface area contributed by atoms with Crippen molar-refractivity contribution in [3.05, 3.63) is 12.2 Å². The Hall–Kier alpha value is -1.47. The molecule has 0 saturated carbocycles. The second kappa shape index (κ2) is 5.45. The number of aryl methyl sites for hydroxylation is 1. The lowest BCUT2D eigenvalue weighted by Gasteiger charge is -2.20. The predicted octanol–water partition coefficient (Wildman–Crippen LogP) is -0.292. The second-order valence-electron chi connectivity index (χ2n) is 4.57. The highest BCUT2D eigenvalue weighted by molar-refractivity contribution is 5.74. The van der Waals surface area contributed by atoms with E-state index in [-0.39, 0.29) is 6.42 Å². The Morgan fingerprint density at radius 2 is 2.39 bits per heavy atom. The van der Waals surface area contributed by atoms with E-state index in [9.17, 15) is 9.90 Å². The van der Waals surface area contributed by atoms with Gasteiger partial charge in [0.1, 0.15) is 18.2 Å². The molecule has 1 aromatic heterocycles. The number of carboxylic acids is 1. The lowest BCUT2D eigenvalue weighted by atomic mass is 10.2. The first kappa shape index (κ1) is 13.0. The van der Waals surface area contributed by atoms with Gasteiger partial charge in [-0.05, 0) is 6.42 Å². The number of aliphatic carboxylic acids is 1. The second-order valence-corrected chi connectivity index (χ2v) is 4.57. The summed E-state index contributed by atoms with van der Waals surface area (Å²) in [5.41, 5.74) is 0. The molecule has 0 bridgehead atoms. The van der Waals surface area contributed by atoms with Crippen LogP contribution in [0.2, 0.25) is 0 Å². The van der Waals surface area contributed by atoms with Crippen molar-refractivity contribution in [3.63, 3.8) is 0 Å². The van der Waals surface area contributed by atoms with E-state index < -0.39 is 18.1 Å². The maximum atomic E-state index is 11.1. The van der Waals surface area contributed by atoms with Gasteiger partial charge in [0.2, 0.25) is 0 Å². The first-order valence-corrected chi connectivity index (χ1v) is 6.13. The summed E-state index contributed by atoms with van der Waals surface area (Å²) >= 11 is 0. The molecule has 1 fully saturated rings. The molecule has 0 aliphatic carbocycles. The van der Waals surface area contributed by atoms with Gasteiger partial charge in [0.25, 0.3) is 0 Å². The normalized spacial score (nSPS) is 24.6. The summed E-state index contributed by atoms with van der Waals surface area (Å²) in [7, 11) is 0. The summed E-state index contributed by atoms with van der Waals surface area (Å²) in [6.07, 6.45) is 2.12. The Bertz CT molecular complexity index is 420. The Balaban J connectivity index is 2.07. The van der Waals surface area contributed by atoms with Crippen LogP contribution in [0.5, 0.6) is 0 Å². The van der Waals surface area contributed by atoms with E-state index in [1.165, 1.54) is 6.33 Å². The van der Waals surface area contributed by atoms with Crippen molar-refractivity contribution in [2.24, 2.45) is 0 Å². The molecule has 0 radical (unpaired) electrons.